The van der Waals surface area contributed by atoms with Gasteiger partial charge < -0.3 is 25.5 Å². The summed E-state index contributed by atoms with van der Waals surface area (Å²) in [5, 5.41) is 17.0. The van der Waals surface area contributed by atoms with Crippen LogP contribution < -0.4 is 15.5 Å². The molecule has 3 aliphatic heterocycles. The molecule has 1 aliphatic carbocycles. The van der Waals surface area contributed by atoms with Crippen molar-refractivity contribution in [2.45, 2.75) is 108 Å². The van der Waals surface area contributed by atoms with Crippen LogP contribution in [-0.2, 0) is 4.79 Å². The normalized spacial score (nSPS) is 25.9. The van der Waals surface area contributed by atoms with Gasteiger partial charge in [-0.25, -0.2) is 4.98 Å². The van der Waals surface area contributed by atoms with Crippen LogP contribution in [0.5, 0.6) is 0 Å². The van der Waals surface area contributed by atoms with Crippen molar-refractivity contribution in [2.24, 2.45) is 5.92 Å². The summed E-state index contributed by atoms with van der Waals surface area (Å²) in [5.74, 6) is 2.09. The van der Waals surface area contributed by atoms with E-state index in [9.17, 15) is 9.90 Å². The van der Waals surface area contributed by atoms with Gasteiger partial charge in [0, 0.05) is 56.4 Å². The highest BCUT2D eigenvalue weighted by molar-refractivity contribution is 5.79. The quantitative estimate of drug-likeness (QED) is 0.403. The van der Waals surface area contributed by atoms with Crippen LogP contribution in [-0.4, -0.2) is 101 Å². The fourth-order valence-electron chi connectivity index (χ4n) is 7.61. The number of nitrogens with zero attached hydrogens (tertiary/aromatic N) is 5. The number of amides is 1. The molecule has 3 saturated heterocycles. The van der Waals surface area contributed by atoms with E-state index in [0.717, 1.165) is 70.2 Å². The average molecular weight is 556 g/mol. The van der Waals surface area contributed by atoms with Crippen LogP contribution in [0.15, 0.2) is 12.3 Å². The van der Waals surface area contributed by atoms with E-state index in [0.29, 0.717) is 25.2 Å². The first-order valence-electron chi connectivity index (χ1n) is 16.4. The van der Waals surface area contributed by atoms with E-state index in [1.165, 1.54) is 64.2 Å². The molecule has 1 unspecified atom stereocenters. The van der Waals surface area contributed by atoms with Crippen molar-refractivity contribution in [3.05, 3.63) is 12.3 Å². The lowest BCUT2D eigenvalue weighted by molar-refractivity contribution is -0.137. The molecule has 4 fully saturated rings. The molecule has 1 aromatic heterocycles. The first kappa shape index (κ1) is 29.5. The maximum Gasteiger partial charge on any atom is 0.225 e. The Labute approximate surface area is 241 Å². The number of aromatic nitrogens is 2. The van der Waals surface area contributed by atoms with Gasteiger partial charge >= 0.3 is 0 Å². The average Bonchev–Trinajstić information content (AvgIpc) is 3.30. The number of carbonyl (C=O) groups is 1. The molecule has 0 bridgehead atoms. The highest BCUT2D eigenvalue weighted by Gasteiger charge is 2.37. The largest absolute Gasteiger partial charge is 0.395 e. The Morgan fingerprint density at radius 3 is 2.45 bits per heavy atom. The zero-order valence-electron chi connectivity index (χ0n) is 24.6. The standard InChI is InChI=1S/C31H53N7O2/c39-24-23-37(30(40)25-12-16-32-17-13-25)22-15-28-27(11-8-21-38(28)26-9-4-3-5-10-26)34-31-33-18-14-29(35-31)36-19-6-1-2-7-20-36/h14,18,25-28,32,39H,1-13,15-17,19-24H2,(H,33,34,35)/t27?,28-/m0/s1. The van der Waals surface area contributed by atoms with Gasteiger partial charge in [-0.05, 0) is 83.5 Å². The van der Waals surface area contributed by atoms with E-state index in [2.05, 4.69) is 31.5 Å². The smallest absolute Gasteiger partial charge is 0.225 e. The summed E-state index contributed by atoms with van der Waals surface area (Å²) >= 11 is 0. The van der Waals surface area contributed by atoms with Crippen LogP contribution in [0.2, 0.25) is 0 Å². The maximum atomic E-state index is 13.5. The molecule has 2 atom stereocenters. The third kappa shape index (κ3) is 7.85. The van der Waals surface area contributed by atoms with E-state index in [1.54, 1.807) is 0 Å². The Balaban J connectivity index is 1.30. The number of aliphatic hydroxyl groups excluding tert-OH is 1. The minimum absolute atomic E-state index is 0.0204. The highest BCUT2D eigenvalue weighted by atomic mass is 16.3. The number of hydrogen-bond acceptors (Lipinski definition) is 8. The molecule has 0 spiro atoms. The Hall–Kier alpha value is -1.97. The van der Waals surface area contributed by atoms with Gasteiger partial charge in [-0.3, -0.25) is 9.69 Å². The fourth-order valence-corrected chi connectivity index (χ4v) is 7.61. The molecule has 1 aromatic rings. The monoisotopic (exact) mass is 555 g/mol. The highest BCUT2D eigenvalue weighted by Crippen LogP contribution is 2.32. The molecule has 9 heteroatoms. The molecule has 224 valence electrons. The maximum absolute atomic E-state index is 13.5. The van der Waals surface area contributed by atoms with Gasteiger partial charge in [0.05, 0.1) is 6.61 Å². The van der Waals surface area contributed by atoms with Crippen LogP contribution >= 0.6 is 0 Å². The minimum atomic E-state index is 0.0204. The van der Waals surface area contributed by atoms with Crippen molar-refractivity contribution in [3.8, 4) is 0 Å². The van der Waals surface area contributed by atoms with Gasteiger partial charge in [0.25, 0.3) is 0 Å². The fraction of sp³-hybridized carbons (Fsp3) is 0.839. The van der Waals surface area contributed by atoms with Gasteiger partial charge in [0.1, 0.15) is 5.82 Å². The Morgan fingerprint density at radius 2 is 1.70 bits per heavy atom. The molecule has 40 heavy (non-hydrogen) atoms. The lowest BCUT2D eigenvalue weighted by Crippen LogP contribution is -2.56. The molecular weight excluding hydrogens is 502 g/mol. The summed E-state index contributed by atoms with van der Waals surface area (Å²) in [4.78, 5) is 30.3. The first-order valence-corrected chi connectivity index (χ1v) is 16.4. The minimum Gasteiger partial charge on any atom is -0.395 e. The van der Waals surface area contributed by atoms with E-state index >= 15 is 0 Å². The first-order chi connectivity index (χ1) is 19.7. The van der Waals surface area contributed by atoms with Crippen molar-refractivity contribution >= 4 is 17.7 Å². The van der Waals surface area contributed by atoms with Crippen molar-refractivity contribution in [3.63, 3.8) is 0 Å². The van der Waals surface area contributed by atoms with Crippen molar-refractivity contribution in [1.82, 2.24) is 25.1 Å². The summed E-state index contributed by atoms with van der Waals surface area (Å²) in [6.45, 7) is 6.24. The number of anilines is 2. The van der Waals surface area contributed by atoms with E-state index in [1.807, 2.05) is 11.1 Å². The second kappa shape index (κ2) is 15.3. The summed E-state index contributed by atoms with van der Waals surface area (Å²) < 4.78 is 0. The van der Waals surface area contributed by atoms with Gasteiger partial charge in [0.2, 0.25) is 11.9 Å². The number of aliphatic hydroxyl groups is 1. The molecule has 4 aliphatic rings. The number of piperidine rings is 2. The van der Waals surface area contributed by atoms with Gasteiger partial charge in [0.15, 0.2) is 0 Å². The van der Waals surface area contributed by atoms with Crippen molar-refractivity contribution in [2.75, 3.05) is 62.6 Å². The van der Waals surface area contributed by atoms with Gasteiger partial charge in [-0.15, -0.1) is 0 Å². The van der Waals surface area contributed by atoms with Crippen LogP contribution in [0.4, 0.5) is 11.8 Å². The summed E-state index contributed by atoms with van der Waals surface area (Å²) in [6.07, 6.45) is 18.5. The second-order valence-electron chi connectivity index (χ2n) is 12.5. The zero-order chi connectivity index (χ0) is 27.6. The van der Waals surface area contributed by atoms with E-state index in [4.69, 9.17) is 4.98 Å². The van der Waals surface area contributed by atoms with E-state index < -0.39 is 0 Å². The lowest BCUT2D eigenvalue weighted by Gasteiger charge is -2.47. The Bertz CT molecular complexity index is 897. The molecular formula is C31H53N7O2. The van der Waals surface area contributed by atoms with Crippen molar-refractivity contribution in [1.29, 1.82) is 0 Å². The van der Waals surface area contributed by atoms with Crippen molar-refractivity contribution < 1.29 is 9.90 Å². The third-order valence-corrected chi connectivity index (χ3v) is 9.82. The van der Waals surface area contributed by atoms with Crippen LogP contribution in [0.1, 0.15) is 89.9 Å². The Morgan fingerprint density at radius 1 is 0.950 bits per heavy atom. The number of likely N-dealkylation sites (tertiary alicyclic amines) is 1. The molecule has 5 rings (SSSR count). The van der Waals surface area contributed by atoms with Gasteiger partial charge in [-0.2, -0.15) is 4.98 Å². The number of hydrogen-bond donors (Lipinski definition) is 3. The summed E-state index contributed by atoms with van der Waals surface area (Å²) in [5.41, 5.74) is 0. The van der Waals surface area contributed by atoms with Crippen LogP contribution in [0.3, 0.4) is 0 Å². The zero-order valence-corrected chi connectivity index (χ0v) is 24.6. The molecule has 1 saturated carbocycles. The molecule has 3 N–H and O–H groups in total. The SMILES string of the molecule is O=C(C1CCNCC1)N(CCO)CC[C@H]1C(Nc2nccc(N3CCCCCC3)n2)CCCN1C1CCCCC1. The van der Waals surface area contributed by atoms with E-state index in [-0.39, 0.29) is 24.5 Å². The van der Waals surface area contributed by atoms with Crippen LogP contribution in [0, 0.1) is 5.92 Å². The summed E-state index contributed by atoms with van der Waals surface area (Å²) in [6, 6.07) is 3.26. The topological polar surface area (TPSA) is 96.9 Å². The lowest BCUT2D eigenvalue weighted by atomic mass is 9.87. The molecule has 4 heterocycles. The number of carbonyl (C=O) groups excluding carboxylic acids is 1. The molecule has 0 aromatic carbocycles. The molecule has 9 nitrogen and oxygen atoms in total. The Kier molecular flexibility index (Phi) is 11.3. The summed E-state index contributed by atoms with van der Waals surface area (Å²) in [7, 11) is 0. The number of nitrogens with one attached hydrogen (secondary N) is 2. The number of rotatable bonds is 10. The second-order valence-corrected chi connectivity index (χ2v) is 12.5. The predicted molar refractivity (Wildman–Crippen MR) is 161 cm³/mol. The van der Waals surface area contributed by atoms with Crippen LogP contribution in [0.25, 0.3) is 0 Å². The van der Waals surface area contributed by atoms with Gasteiger partial charge in [-0.1, -0.05) is 32.1 Å². The molecule has 1 amide bonds. The molecule has 0 radical (unpaired) electrons. The predicted octanol–water partition coefficient (Wildman–Crippen LogP) is 3.65. The third-order valence-electron chi connectivity index (χ3n) is 9.82.